The monoisotopic (exact) mass is 286 g/mol. The van der Waals surface area contributed by atoms with E-state index in [0.29, 0.717) is 13.0 Å². The summed E-state index contributed by atoms with van der Waals surface area (Å²) in [6.45, 7) is 2.29. The first-order valence-corrected chi connectivity index (χ1v) is 7.00. The smallest absolute Gasteiger partial charge is 0.316 e. The number of rotatable bonds is 4. The van der Waals surface area contributed by atoms with E-state index in [1.54, 1.807) is 0 Å². The fourth-order valence-corrected chi connectivity index (χ4v) is 2.69. The average Bonchev–Trinajstić information content (AvgIpc) is 2.41. The van der Waals surface area contributed by atoms with E-state index < -0.39 is 12.1 Å². The zero-order valence-electron chi connectivity index (χ0n) is 11.7. The molecule has 2 nitrogen and oxygen atoms in total. The summed E-state index contributed by atoms with van der Waals surface area (Å²) in [5.74, 6) is -1.17. The second-order valence-electron chi connectivity index (χ2n) is 5.46. The van der Waals surface area contributed by atoms with E-state index in [2.05, 4.69) is 5.32 Å². The third-order valence-electron chi connectivity index (χ3n) is 3.78. The van der Waals surface area contributed by atoms with Crippen molar-refractivity contribution in [3.05, 3.63) is 35.4 Å². The number of nitrogens with zero attached hydrogens (tertiary/aromatic N) is 1. The van der Waals surface area contributed by atoms with E-state index in [1.807, 2.05) is 36.2 Å². The fraction of sp³-hybridized carbons (Fsp3) is 0.600. The predicted molar refractivity (Wildman–Crippen MR) is 73.3 cm³/mol. The molecule has 0 saturated carbocycles. The van der Waals surface area contributed by atoms with Crippen LogP contribution in [0, 0.1) is 5.92 Å². The van der Waals surface area contributed by atoms with Gasteiger partial charge in [0.2, 0.25) is 0 Å². The van der Waals surface area contributed by atoms with Crippen LogP contribution in [0.3, 0.4) is 0 Å². The molecule has 1 N–H and O–H groups in total. The highest BCUT2D eigenvalue weighted by atomic mass is 19.4. The van der Waals surface area contributed by atoms with Gasteiger partial charge >= 0.3 is 6.18 Å². The summed E-state index contributed by atoms with van der Waals surface area (Å²) in [5, 5.41) is 3.07. The van der Waals surface area contributed by atoms with Crippen LogP contribution < -0.4 is 5.32 Å². The van der Waals surface area contributed by atoms with Crippen LogP contribution in [0.5, 0.6) is 0 Å². The van der Waals surface area contributed by atoms with Crippen molar-refractivity contribution in [2.24, 2.45) is 5.92 Å². The molecular weight excluding hydrogens is 265 g/mol. The molecule has 20 heavy (non-hydrogen) atoms. The summed E-state index contributed by atoms with van der Waals surface area (Å²) in [6, 6.07) is 8.06. The predicted octanol–water partition coefficient (Wildman–Crippen LogP) is 3.18. The number of hydrogen-bond acceptors (Lipinski definition) is 2. The van der Waals surface area contributed by atoms with Gasteiger partial charge in [0.05, 0.1) is 5.92 Å². The number of hydrogen-bond donors (Lipinski definition) is 1. The molecule has 0 bridgehead atoms. The second kappa shape index (κ2) is 6.59. The van der Waals surface area contributed by atoms with E-state index in [0.717, 1.165) is 18.7 Å². The molecule has 0 amide bonds. The number of likely N-dealkylation sites (tertiary alicyclic amines) is 1. The third-order valence-corrected chi connectivity index (χ3v) is 3.78. The number of benzene rings is 1. The molecule has 0 aliphatic carbocycles. The molecular formula is C15H21F3N2. The first-order valence-electron chi connectivity index (χ1n) is 7.00. The van der Waals surface area contributed by atoms with Gasteiger partial charge in [-0.25, -0.2) is 0 Å². The molecule has 1 aliphatic heterocycles. The van der Waals surface area contributed by atoms with Crippen LogP contribution in [0.25, 0.3) is 0 Å². The number of halogens is 3. The Morgan fingerprint density at radius 2 is 1.85 bits per heavy atom. The summed E-state index contributed by atoms with van der Waals surface area (Å²) < 4.78 is 38.3. The lowest BCUT2D eigenvalue weighted by atomic mass is 9.97. The summed E-state index contributed by atoms with van der Waals surface area (Å²) in [5.41, 5.74) is 2.26. The number of alkyl halides is 3. The van der Waals surface area contributed by atoms with Crippen molar-refractivity contribution in [2.75, 3.05) is 20.1 Å². The Labute approximate surface area is 118 Å². The lowest BCUT2D eigenvalue weighted by Gasteiger charge is -2.33. The minimum absolute atomic E-state index is 0.127. The van der Waals surface area contributed by atoms with Crippen molar-refractivity contribution in [1.29, 1.82) is 0 Å². The van der Waals surface area contributed by atoms with Gasteiger partial charge in [-0.2, -0.15) is 13.2 Å². The zero-order chi connectivity index (χ0) is 14.6. The van der Waals surface area contributed by atoms with Crippen LogP contribution >= 0.6 is 0 Å². The normalized spacial score (nSPS) is 21.1. The van der Waals surface area contributed by atoms with Gasteiger partial charge in [-0.3, -0.25) is 4.90 Å². The molecule has 0 aromatic heterocycles. The fourth-order valence-electron chi connectivity index (χ4n) is 2.69. The molecule has 1 aliphatic rings. The van der Waals surface area contributed by atoms with Gasteiger partial charge in [-0.05, 0) is 37.6 Å². The molecule has 0 spiro atoms. The lowest BCUT2D eigenvalue weighted by Crippen LogP contribution is -2.41. The molecule has 112 valence electrons. The van der Waals surface area contributed by atoms with Crippen LogP contribution in [0.1, 0.15) is 24.0 Å². The minimum atomic E-state index is -4.06. The van der Waals surface area contributed by atoms with Crippen molar-refractivity contribution in [3.63, 3.8) is 0 Å². The lowest BCUT2D eigenvalue weighted by molar-refractivity contribution is -0.187. The van der Waals surface area contributed by atoms with Crippen molar-refractivity contribution < 1.29 is 13.2 Å². The standard InChI is InChI=1S/C15H21F3N2/c1-19-9-12-4-6-13(7-5-12)10-20-8-2-3-14(11-20)15(16,17)18/h4-7,14,19H,2-3,8-11H2,1H3. The molecule has 1 aromatic rings. The number of piperidine rings is 1. The second-order valence-corrected chi connectivity index (χ2v) is 5.46. The summed E-state index contributed by atoms with van der Waals surface area (Å²) in [6.07, 6.45) is -3.17. The van der Waals surface area contributed by atoms with Crippen molar-refractivity contribution >= 4 is 0 Å². The van der Waals surface area contributed by atoms with Crippen LogP contribution in [-0.4, -0.2) is 31.2 Å². The molecule has 1 fully saturated rings. The van der Waals surface area contributed by atoms with Crippen LogP contribution in [0.2, 0.25) is 0 Å². The Morgan fingerprint density at radius 3 is 2.45 bits per heavy atom. The van der Waals surface area contributed by atoms with Gasteiger partial charge in [-0.1, -0.05) is 24.3 Å². The number of nitrogens with one attached hydrogen (secondary N) is 1. The first-order chi connectivity index (χ1) is 9.49. The quantitative estimate of drug-likeness (QED) is 0.914. The molecule has 1 heterocycles. The SMILES string of the molecule is CNCc1ccc(CN2CCCC(C(F)(F)F)C2)cc1. The maximum absolute atomic E-state index is 12.8. The highest BCUT2D eigenvalue weighted by Gasteiger charge is 2.41. The molecule has 1 unspecified atom stereocenters. The Hall–Kier alpha value is -1.07. The van der Waals surface area contributed by atoms with E-state index in [-0.39, 0.29) is 13.0 Å². The Bertz CT molecular complexity index is 414. The third kappa shape index (κ3) is 4.21. The average molecular weight is 286 g/mol. The van der Waals surface area contributed by atoms with Crippen LogP contribution in [0.15, 0.2) is 24.3 Å². The van der Waals surface area contributed by atoms with Crippen molar-refractivity contribution in [2.45, 2.75) is 32.1 Å². The molecule has 5 heteroatoms. The zero-order valence-corrected chi connectivity index (χ0v) is 11.7. The van der Waals surface area contributed by atoms with Gasteiger partial charge in [0, 0.05) is 19.6 Å². The minimum Gasteiger partial charge on any atom is -0.316 e. The Kier molecular flexibility index (Phi) is 5.05. The molecule has 1 saturated heterocycles. The molecule has 1 aromatic carbocycles. The van der Waals surface area contributed by atoms with Crippen molar-refractivity contribution in [1.82, 2.24) is 10.2 Å². The van der Waals surface area contributed by atoms with Gasteiger partial charge in [0.15, 0.2) is 0 Å². The highest BCUT2D eigenvalue weighted by Crippen LogP contribution is 2.33. The summed E-state index contributed by atoms with van der Waals surface area (Å²) >= 11 is 0. The Balaban J connectivity index is 1.92. The van der Waals surface area contributed by atoms with Gasteiger partial charge in [0.1, 0.15) is 0 Å². The first kappa shape index (κ1) is 15.3. The van der Waals surface area contributed by atoms with E-state index in [1.165, 1.54) is 5.56 Å². The van der Waals surface area contributed by atoms with E-state index in [4.69, 9.17) is 0 Å². The summed E-state index contributed by atoms with van der Waals surface area (Å²) in [7, 11) is 1.89. The van der Waals surface area contributed by atoms with E-state index in [9.17, 15) is 13.2 Å². The maximum Gasteiger partial charge on any atom is 0.393 e. The molecule has 0 radical (unpaired) electrons. The van der Waals surface area contributed by atoms with Gasteiger partial charge in [-0.15, -0.1) is 0 Å². The van der Waals surface area contributed by atoms with Gasteiger partial charge < -0.3 is 5.32 Å². The van der Waals surface area contributed by atoms with Crippen molar-refractivity contribution in [3.8, 4) is 0 Å². The Morgan fingerprint density at radius 1 is 1.20 bits per heavy atom. The largest absolute Gasteiger partial charge is 0.393 e. The van der Waals surface area contributed by atoms with Crippen LogP contribution in [-0.2, 0) is 13.1 Å². The van der Waals surface area contributed by atoms with Crippen LogP contribution in [0.4, 0.5) is 13.2 Å². The topological polar surface area (TPSA) is 15.3 Å². The van der Waals surface area contributed by atoms with Gasteiger partial charge in [0.25, 0.3) is 0 Å². The molecule has 2 rings (SSSR count). The molecule has 1 atom stereocenters. The highest BCUT2D eigenvalue weighted by molar-refractivity contribution is 5.22. The summed E-state index contributed by atoms with van der Waals surface area (Å²) in [4.78, 5) is 1.91. The van der Waals surface area contributed by atoms with E-state index >= 15 is 0 Å². The maximum atomic E-state index is 12.8.